The van der Waals surface area contributed by atoms with Crippen LogP contribution >= 0.6 is 15.9 Å². The molecule has 0 radical (unpaired) electrons. The molecule has 2 rings (SSSR count). The van der Waals surface area contributed by atoms with Crippen LogP contribution in [0.2, 0.25) is 0 Å². The molecule has 0 saturated carbocycles. The van der Waals surface area contributed by atoms with Gasteiger partial charge in [-0.15, -0.1) is 0 Å². The molecule has 2 nitrogen and oxygen atoms in total. The monoisotopic (exact) mass is 291 g/mol. The molecule has 0 heterocycles. The van der Waals surface area contributed by atoms with Gasteiger partial charge in [0.25, 0.3) is 0 Å². The van der Waals surface area contributed by atoms with Crippen molar-refractivity contribution in [3.05, 3.63) is 58.1 Å². The Morgan fingerprint density at radius 1 is 1.12 bits per heavy atom. The maximum absolute atomic E-state index is 5.89. The van der Waals surface area contributed by atoms with Crippen molar-refractivity contribution in [3.8, 4) is 11.5 Å². The average molecular weight is 292 g/mol. The molecule has 0 saturated heterocycles. The fourth-order valence-corrected chi connectivity index (χ4v) is 2.09. The van der Waals surface area contributed by atoms with E-state index in [9.17, 15) is 0 Å². The number of halogens is 1. The summed E-state index contributed by atoms with van der Waals surface area (Å²) >= 11 is 3.43. The van der Waals surface area contributed by atoms with E-state index in [1.165, 1.54) is 0 Å². The van der Waals surface area contributed by atoms with Gasteiger partial charge in [-0.1, -0.05) is 34.1 Å². The normalized spacial score (nSPS) is 10.3. The first-order valence-corrected chi connectivity index (χ1v) is 6.22. The first-order chi connectivity index (χ1) is 8.20. The Bertz CT molecular complexity index is 525. The Balaban J connectivity index is 2.31. The zero-order valence-electron chi connectivity index (χ0n) is 9.61. The van der Waals surface area contributed by atoms with E-state index < -0.39 is 0 Å². The van der Waals surface area contributed by atoms with Crippen LogP contribution in [0, 0.1) is 6.92 Å². The van der Waals surface area contributed by atoms with Crippen LogP contribution < -0.4 is 10.5 Å². The van der Waals surface area contributed by atoms with Gasteiger partial charge in [0, 0.05) is 16.6 Å². The van der Waals surface area contributed by atoms with E-state index in [1.54, 1.807) is 0 Å². The van der Waals surface area contributed by atoms with Crippen LogP contribution in [0.4, 0.5) is 0 Å². The van der Waals surface area contributed by atoms with Crippen LogP contribution in [0.25, 0.3) is 0 Å². The zero-order valence-corrected chi connectivity index (χ0v) is 11.2. The number of para-hydroxylation sites is 1. The summed E-state index contributed by atoms with van der Waals surface area (Å²) < 4.78 is 6.94. The Hall–Kier alpha value is -1.32. The van der Waals surface area contributed by atoms with Crippen molar-refractivity contribution in [2.24, 2.45) is 5.73 Å². The molecule has 0 aliphatic heterocycles. The van der Waals surface area contributed by atoms with Crippen LogP contribution in [-0.4, -0.2) is 0 Å². The first-order valence-electron chi connectivity index (χ1n) is 5.42. The first kappa shape index (κ1) is 12.1. The third-order valence-electron chi connectivity index (χ3n) is 2.55. The summed E-state index contributed by atoms with van der Waals surface area (Å²) in [7, 11) is 0. The van der Waals surface area contributed by atoms with E-state index in [0.29, 0.717) is 6.54 Å². The van der Waals surface area contributed by atoms with Gasteiger partial charge in [-0.05, 0) is 36.8 Å². The second-order valence-electron chi connectivity index (χ2n) is 3.82. The minimum absolute atomic E-state index is 0.478. The molecule has 3 heteroatoms. The molecule has 0 fully saturated rings. The Labute approximate surface area is 110 Å². The number of ether oxygens (including phenoxy) is 1. The molecule has 0 atom stereocenters. The lowest BCUT2D eigenvalue weighted by Crippen LogP contribution is -1.99. The summed E-state index contributed by atoms with van der Waals surface area (Å²) in [5, 5.41) is 0. The summed E-state index contributed by atoms with van der Waals surface area (Å²) in [5.74, 6) is 1.68. The lowest BCUT2D eigenvalue weighted by Gasteiger charge is -2.12. The van der Waals surface area contributed by atoms with E-state index in [2.05, 4.69) is 15.9 Å². The summed E-state index contributed by atoms with van der Waals surface area (Å²) in [6.45, 7) is 2.50. The van der Waals surface area contributed by atoms with Crippen LogP contribution in [0.15, 0.2) is 46.9 Å². The predicted molar refractivity (Wildman–Crippen MR) is 73.3 cm³/mol. The van der Waals surface area contributed by atoms with Gasteiger partial charge in [-0.25, -0.2) is 0 Å². The number of aryl methyl sites for hydroxylation is 1. The van der Waals surface area contributed by atoms with Crippen molar-refractivity contribution in [1.29, 1.82) is 0 Å². The van der Waals surface area contributed by atoms with Gasteiger partial charge in [0.15, 0.2) is 0 Å². The molecule has 17 heavy (non-hydrogen) atoms. The van der Waals surface area contributed by atoms with E-state index in [0.717, 1.165) is 27.1 Å². The summed E-state index contributed by atoms with van der Waals surface area (Å²) in [5.41, 5.74) is 7.78. The van der Waals surface area contributed by atoms with Gasteiger partial charge in [-0.2, -0.15) is 0 Å². The highest BCUT2D eigenvalue weighted by Gasteiger charge is 2.05. The number of rotatable bonds is 3. The third-order valence-corrected chi connectivity index (χ3v) is 3.04. The molecule has 0 aliphatic carbocycles. The van der Waals surface area contributed by atoms with Crippen molar-refractivity contribution in [1.82, 2.24) is 0 Å². The largest absolute Gasteiger partial charge is 0.457 e. The molecule has 0 unspecified atom stereocenters. The van der Waals surface area contributed by atoms with Crippen LogP contribution in [0.1, 0.15) is 11.1 Å². The Kier molecular flexibility index (Phi) is 3.82. The molecule has 2 N–H and O–H groups in total. The second kappa shape index (κ2) is 5.34. The third kappa shape index (κ3) is 2.87. The zero-order chi connectivity index (χ0) is 12.3. The minimum atomic E-state index is 0.478. The van der Waals surface area contributed by atoms with E-state index in [1.807, 2.05) is 49.4 Å². The molecular formula is C14H14BrNO. The van der Waals surface area contributed by atoms with Crippen molar-refractivity contribution < 1.29 is 4.74 Å². The lowest BCUT2D eigenvalue weighted by atomic mass is 10.2. The Morgan fingerprint density at radius 3 is 2.59 bits per heavy atom. The van der Waals surface area contributed by atoms with Gasteiger partial charge in [-0.3, -0.25) is 0 Å². The minimum Gasteiger partial charge on any atom is -0.457 e. The number of benzene rings is 2. The maximum atomic E-state index is 5.89. The number of nitrogens with two attached hydrogens (primary N) is 1. The Morgan fingerprint density at radius 2 is 1.88 bits per heavy atom. The summed E-state index contributed by atoms with van der Waals surface area (Å²) in [6, 6.07) is 13.8. The molecule has 2 aromatic rings. The molecule has 88 valence electrons. The van der Waals surface area contributed by atoms with Crippen LogP contribution in [-0.2, 0) is 6.54 Å². The van der Waals surface area contributed by atoms with Crippen molar-refractivity contribution in [2.75, 3.05) is 0 Å². The van der Waals surface area contributed by atoms with Crippen molar-refractivity contribution >= 4 is 15.9 Å². The molecule has 0 aliphatic rings. The maximum Gasteiger partial charge on any atom is 0.131 e. The molecular weight excluding hydrogens is 278 g/mol. The van der Waals surface area contributed by atoms with Gasteiger partial charge in [0.1, 0.15) is 11.5 Å². The highest BCUT2D eigenvalue weighted by molar-refractivity contribution is 9.10. The fourth-order valence-electron chi connectivity index (χ4n) is 1.62. The summed E-state index contributed by atoms with van der Waals surface area (Å²) in [6.07, 6.45) is 0. The lowest BCUT2D eigenvalue weighted by molar-refractivity contribution is 0.472. The highest BCUT2D eigenvalue weighted by Crippen LogP contribution is 2.29. The SMILES string of the molecule is Cc1cc(Br)ccc1Oc1ccccc1CN. The molecule has 0 aromatic heterocycles. The molecule has 0 amide bonds. The van der Waals surface area contributed by atoms with E-state index >= 15 is 0 Å². The van der Waals surface area contributed by atoms with Crippen LogP contribution in [0.3, 0.4) is 0 Å². The standard InChI is InChI=1S/C14H14BrNO/c1-10-8-12(15)6-7-13(10)17-14-5-3-2-4-11(14)9-16/h2-8H,9,16H2,1H3. The van der Waals surface area contributed by atoms with Crippen molar-refractivity contribution in [3.63, 3.8) is 0 Å². The van der Waals surface area contributed by atoms with Crippen molar-refractivity contribution in [2.45, 2.75) is 13.5 Å². The highest BCUT2D eigenvalue weighted by atomic mass is 79.9. The van der Waals surface area contributed by atoms with Gasteiger partial charge in [0.2, 0.25) is 0 Å². The number of hydrogen-bond acceptors (Lipinski definition) is 2. The van der Waals surface area contributed by atoms with E-state index in [-0.39, 0.29) is 0 Å². The summed E-state index contributed by atoms with van der Waals surface area (Å²) in [4.78, 5) is 0. The molecule has 0 spiro atoms. The van der Waals surface area contributed by atoms with Gasteiger partial charge < -0.3 is 10.5 Å². The van der Waals surface area contributed by atoms with Gasteiger partial charge >= 0.3 is 0 Å². The van der Waals surface area contributed by atoms with Gasteiger partial charge in [0.05, 0.1) is 0 Å². The number of hydrogen-bond donors (Lipinski definition) is 1. The van der Waals surface area contributed by atoms with E-state index in [4.69, 9.17) is 10.5 Å². The fraction of sp³-hybridized carbons (Fsp3) is 0.143. The average Bonchev–Trinajstić information content (AvgIpc) is 2.33. The second-order valence-corrected chi connectivity index (χ2v) is 4.74. The van der Waals surface area contributed by atoms with Crippen LogP contribution in [0.5, 0.6) is 11.5 Å². The quantitative estimate of drug-likeness (QED) is 0.927. The molecule has 0 bridgehead atoms. The predicted octanol–water partition coefficient (Wildman–Crippen LogP) is 4.01. The molecule has 2 aromatic carbocycles. The smallest absolute Gasteiger partial charge is 0.131 e. The topological polar surface area (TPSA) is 35.2 Å².